The molecule has 0 bridgehead atoms. The highest BCUT2D eigenvalue weighted by atomic mass is 35.5. The SMILES string of the molecule is O=C(CNc1cccc([N+](=O)[O-])c1)Nc1ccc(Cl)cc1F. The normalized spacial score (nSPS) is 10.1. The summed E-state index contributed by atoms with van der Waals surface area (Å²) < 4.78 is 13.5. The van der Waals surface area contributed by atoms with Crippen LogP contribution in [0.1, 0.15) is 0 Å². The molecule has 0 saturated carbocycles. The van der Waals surface area contributed by atoms with E-state index in [0.717, 1.165) is 6.07 Å². The lowest BCUT2D eigenvalue weighted by Crippen LogP contribution is -2.22. The van der Waals surface area contributed by atoms with E-state index < -0.39 is 16.6 Å². The van der Waals surface area contributed by atoms with Crippen molar-refractivity contribution in [3.8, 4) is 0 Å². The average Bonchev–Trinajstić information content (AvgIpc) is 2.48. The van der Waals surface area contributed by atoms with Crippen LogP contribution in [0.3, 0.4) is 0 Å². The van der Waals surface area contributed by atoms with E-state index in [1.165, 1.54) is 30.3 Å². The maximum absolute atomic E-state index is 13.5. The summed E-state index contributed by atoms with van der Waals surface area (Å²) in [7, 11) is 0. The fourth-order valence-corrected chi connectivity index (χ4v) is 1.86. The van der Waals surface area contributed by atoms with E-state index in [9.17, 15) is 19.3 Å². The number of non-ortho nitro benzene ring substituents is 1. The monoisotopic (exact) mass is 323 g/mol. The quantitative estimate of drug-likeness (QED) is 0.652. The fraction of sp³-hybridized carbons (Fsp3) is 0.0714. The van der Waals surface area contributed by atoms with Crippen molar-refractivity contribution < 1.29 is 14.1 Å². The van der Waals surface area contributed by atoms with Crippen LogP contribution in [-0.2, 0) is 4.79 Å². The van der Waals surface area contributed by atoms with Crippen molar-refractivity contribution in [3.05, 3.63) is 63.4 Å². The summed E-state index contributed by atoms with van der Waals surface area (Å²) in [4.78, 5) is 21.8. The Morgan fingerprint density at radius 1 is 1.27 bits per heavy atom. The zero-order chi connectivity index (χ0) is 16.1. The molecule has 0 radical (unpaired) electrons. The van der Waals surface area contributed by atoms with Crippen molar-refractivity contribution >= 4 is 34.6 Å². The fourth-order valence-electron chi connectivity index (χ4n) is 1.70. The van der Waals surface area contributed by atoms with Crippen molar-refractivity contribution in [3.63, 3.8) is 0 Å². The van der Waals surface area contributed by atoms with E-state index in [0.29, 0.717) is 5.69 Å². The van der Waals surface area contributed by atoms with Crippen LogP contribution >= 0.6 is 11.6 Å². The number of rotatable bonds is 5. The van der Waals surface area contributed by atoms with Gasteiger partial charge in [0, 0.05) is 22.8 Å². The number of anilines is 2. The Bertz CT molecular complexity index is 724. The first-order valence-electron chi connectivity index (χ1n) is 6.19. The summed E-state index contributed by atoms with van der Waals surface area (Å²) in [5.41, 5.74) is 0.338. The minimum atomic E-state index is -0.642. The Kier molecular flexibility index (Phi) is 4.90. The van der Waals surface area contributed by atoms with Crippen LogP contribution in [0.2, 0.25) is 5.02 Å². The van der Waals surface area contributed by atoms with Gasteiger partial charge in [0.2, 0.25) is 5.91 Å². The van der Waals surface area contributed by atoms with Gasteiger partial charge < -0.3 is 10.6 Å². The van der Waals surface area contributed by atoms with Gasteiger partial charge in [-0.05, 0) is 24.3 Å². The van der Waals surface area contributed by atoms with Crippen molar-refractivity contribution in [2.24, 2.45) is 0 Å². The Hall–Kier alpha value is -2.67. The molecule has 0 heterocycles. The molecule has 0 unspecified atom stereocenters. The molecule has 2 rings (SSSR count). The molecule has 0 aromatic heterocycles. The Morgan fingerprint density at radius 3 is 2.73 bits per heavy atom. The highest BCUT2D eigenvalue weighted by molar-refractivity contribution is 6.30. The number of nitro benzene ring substituents is 1. The molecule has 0 spiro atoms. The first-order chi connectivity index (χ1) is 10.5. The van der Waals surface area contributed by atoms with E-state index in [1.54, 1.807) is 6.07 Å². The van der Waals surface area contributed by atoms with Gasteiger partial charge in [0.15, 0.2) is 0 Å². The zero-order valence-corrected chi connectivity index (χ0v) is 11.9. The number of nitrogens with one attached hydrogen (secondary N) is 2. The van der Waals surface area contributed by atoms with Crippen LogP contribution in [0.25, 0.3) is 0 Å². The summed E-state index contributed by atoms with van der Waals surface area (Å²) in [5.74, 6) is -1.14. The van der Waals surface area contributed by atoms with Gasteiger partial charge in [0.25, 0.3) is 5.69 Å². The lowest BCUT2D eigenvalue weighted by atomic mass is 10.2. The Labute approximate surface area is 130 Å². The molecule has 114 valence electrons. The van der Waals surface area contributed by atoms with Gasteiger partial charge in [-0.1, -0.05) is 17.7 Å². The highest BCUT2D eigenvalue weighted by Crippen LogP contribution is 2.19. The molecular weight excluding hydrogens is 313 g/mol. The predicted octanol–water partition coefficient (Wildman–Crippen LogP) is 3.44. The number of hydrogen-bond acceptors (Lipinski definition) is 4. The second-order valence-corrected chi connectivity index (χ2v) is 4.77. The Morgan fingerprint density at radius 2 is 2.05 bits per heavy atom. The number of nitrogens with zero attached hydrogens (tertiary/aromatic N) is 1. The molecule has 8 heteroatoms. The molecule has 0 saturated heterocycles. The molecule has 1 amide bonds. The number of carbonyl (C=O) groups excluding carboxylic acids is 1. The van der Waals surface area contributed by atoms with Gasteiger partial charge in [0.1, 0.15) is 5.82 Å². The molecule has 0 atom stereocenters. The summed E-state index contributed by atoms with van der Waals surface area (Å²) >= 11 is 5.61. The molecule has 0 fully saturated rings. The van der Waals surface area contributed by atoms with E-state index in [4.69, 9.17) is 11.6 Å². The van der Waals surface area contributed by atoms with Gasteiger partial charge in [0.05, 0.1) is 17.2 Å². The van der Waals surface area contributed by atoms with Gasteiger partial charge in [-0.15, -0.1) is 0 Å². The van der Waals surface area contributed by atoms with E-state index in [1.807, 2.05) is 0 Å². The minimum absolute atomic E-state index is 0.00948. The molecular formula is C14H11ClFN3O3. The van der Waals surface area contributed by atoms with Crippen LogP contribution < -0.4 is 10.6 Å². The summed E-state index contributed by atoms with van der Waals surface area (Å²) in [5, 5.41) is 16.0. The number of hydrogen-bond donors (Lipinski definition) is 2. The molecule has 2 aromatic rings. The maximum Gasteiger partial charge on any atom is 0.271 e. The number of benzene rings is 2. The third-order valence-corrected chi connectivity index (χ3v) is 2.95. The van der Waals surface area contributed by atoms with Crippen LogP contribution in [0.5, 0.6) is 0 Å². The number of nitro groups is 1. The van der Waals surface area contributed by atoms with Crippen molar-refractivity contribution in [2.75, 3.05) is 17.2 Å². The molecule has 0 aliphatic carbocycles. The smallest absolute Gasteiger partial charge is 0.271 e. The zero-order valence-electron chi connectivity index (χ0n) is 11.2. The predicted molar refractivity (Wildman–Crippen MR) is 81.6 cm³/mol. The number of carbonyl (C=O) groups is 1. The minimum Gasteiger partial charge on any atom is -0.376 e. The van der Waals surface area contributed by atoms with Crippen LogP contribution in [0.15, 0.2) is 42.5 Å². The van der Waals surface area contributed by atoms with E-state index in [-0.39, 0.29) is 22.9 Å². The third kappa shape index (κ3) is 4.16. The van der Waals surface area contributed by atoms with Gasteiger partial charge in [-0.2, -0.15) is 0 Å². The lowest BCUT2D eigenvalue weighted by Gasteiger charge is -2.08. The summed E-state index contributed by atoms with van der Waals surface area (Å²) in [6.45, 7) is -0.163. The lowest BCUT2D eigenvalue weighted by molar-refractivity contribution is -0.384. The molecule has 0 aliphatic heterocycles. The second-order valence-electron chi connectivity index (χ2n) is 4.33. The van der Waals surface area contributed by atoms with Gasteiger partial charge >= 0.3 is 0 Å². The maximum atomic E-state index is 13.5. The Balaban J connectivity index is 1.95. The largest absolute Gasteiger partial charge is 0.376 e. The number of amides is 1. The molecule has 0 aliphatic rings. The first-order valence-corrected chi connectivity index (χ1v) is 6.57. The summed E-state index contributed by atoms with van der Waals surface area (Å²) in [6.07, 6.45) is 0. The first kappa shape index (κ1) is 15.7. The van der Waals surface area contributed by atoms with E-state index in [2.05, 4.69) is 10.6 Å². The van der Waals surface area contributed by atoms with Crippen LogP contribution in [0.4, 0.5) is 21.5 Å². The molecule has 2 aromatic carbocycles. The highest BCUT2D eigenvalue weighted by Gasteiger charge is 2.09. The number of halogens is 2. The second kappa shape index (κ2) is 6.86. The van der Waals surface area contributed by atoms with Gasteiger partial charge in [-0.3, -0.25) is 14.9 Å². The van der Waals surface area contributed by atoms with E-state index >= 15 is 0 Å². The van der Waals surface area contributed by atoms with Crippen molar-refractivity contribution in [2.45, 2.75) is 0 Å². The molecule has 22 heavy (non-hydrogen) atoms. The molecule has 2 N–H and O–H groups in total. The standard InChI is InChI=1S/C14H11ClFN3O3/c15-9-4-5-13(12(16)6-9)18-14(20)8-17-10-2-1-3-11(7-10)19(21)22/h1-7,17H,8H2,(H,18,20). The van der Waals surface area contributed by atoms with Crippen molar-refractivity contribution in [1.29, 1.82) is 0 Å². The van der Waals surface area contributed by atoms with Gasteiger partial charge in [-0.25, -0.2) is 4.39 Å². The van der Waals surface area contributed by atoms with Crippen LogP contribution in [0, 0.1) is 15.9 Å². The van der Waals surface area contributed by atoms with Crippen molar-refractivity contribution in [1.82, 2.24) is 0 Å². The molecule has 6 nitrogen and oxygen atoms in total. The van der Waals surface area contributed by atoms with Crippen LogP contribution in [-0.4, -0.2) is 17.4 Å². The summed E-state index contributed by atoms with van der Waals surface area (Å²) in [6, 6.07) is 9.62. The average molecular weight is 324 g/mol. The third-order valence-electron chi connectivity index (χ3n) is 2.72. The topological polar surface area (TPSA) is 84.3 Å².